The maximum atomic E-state index is 11.4. The van der Waals surface area contributed by atoms with Crippen LogP contribution in [0.3, 0.4) is 0 Å². The number of aromatic nitrogens is 2. The summed E-state index contributed by atoms with van der Waals surface area (Å²) in [5, 5.41) is 10.3. The lowest BCUT2D eigenvalue weighted by Gasteiger charge is -2.09. The van der Waals surface area contributed by atoms with Gasteiger partial charge in [-0.15, -0.1) is 0 Å². The van der Waals surface area contributed by atoms with Gasteiger partial charge in [0, 0.05) is 17.1 Å². The molecule has 0 saturated carbocycles. The third-order valence-electron chi connectivity index (χ3n) is 3.46. The number of pyridine rings is 1. The highest BCUT2D eigenvalue weighted by molar-refractivity contribution is 5.94. The van der Waals surface area contributed by atoms with E-state index in [9.17, 15) is 9.90 Å². The van der Waals surface area contributed by atoms with Gasteiger partial charge in [-0.1, -0.05) is 24.3 Å². The number of aryl methyl sites for hydroxylation is 1. The van der Waals surface area contributed by atoms with Crippen LogP contribution in [-0.4, -0.2) is 20.6 Å². The molecule has 0 saturated heterocycles. The van der Waals surface area contributed by atoms with Crippen LogP contribution in [0.5, 0.6) is 0 Å². The zero-order valence-corrected chi connectivity index (χ0v) is 11.1. The van der Waals surface area contributed by atoms with E-state index in [1.807, 2.05) is 43.3 Å². The molecule has 0 aliphatic heterocycles. The Hall–Kier alpha value is -2.62. The molecular weight excluding hydrogens is 252 g/mol. The molecule has 100 valence electrons. The van der Waals surface area contributed by atoms with Gasteiger partial charge in [-0.3, -0.25) is 4.98 Å². The predicted molar refractivity (Wildman–Crippen MR) is 77.0 cm³/mol. The second-order valence-electron chi connectivity index (χ2n) is 4.75. The number of carbonyl (C=O) groups is 1. The lowest BCUT2D eigenvalue weighted by Crippen LogP contribution is -2.11. The Labute approximate surface area is 116 Å². The summed E-state index contributed by atoms with van der Waals surface area (Å²) in [6, 6.07) is 13.2. The Morgan fingerprint density at radius 3 is 2.80 bits per heavy atom. The lowest BCUT2D eigenvalue weighted by atomic mass is 10.2. The number of hydrogen-bond donors (Lipinski definition) is 1. The van der Waals surface area contributed by atoms with Gasteiger partial charge in [0.1, 0.15) is 5.69 Å². The molecule has 0 aliphatic carbocycles. The first-order valence-electron chi connectivity index (χ1n) is 6.39. The van der Waals surface area contributed by atoms with Crippen LogP contribution in [-0.2, 0) is 6.54 Å². The molecule has 3 aromatic rings. The molecule has 0 unspecified atom stereocenters. The molecule has 4 heteroatoms. The summed E-state index contributed by atoms with van der Waals surface area (Å²) in [7, 11) is 0. The standard InChI is InChI=1S/C16H14N2O2/c1-11-5-4-8-17-13(11)10-18-14-7-3-2-6-12(14)9-15(18)16(19)20/h2-9H,10H2,1H3,(H,19,20). The highest BCUT2D eigenvalue weighted by Crippen LogP contribution is 2.21. The first-order valence-corrected chi connectivity index (χ1v) is 6.39. The van der Waals surface area contributed by atoms with E-state index >= 15 is 0 Å². The van der Waals surface area contributed by atoms with E-state index in [0.717, 1.165) is 22.2 Å². The highest BCUT2D eigenvalue weighted by Gasteiger charge is 2.15. The van der Waals surface area contributed by atoms with Crippen molar-refractivity contribution in [1.82, 2.24) is 9.55 Å². The van der Waals surface area contributed by atoms with Gasteiger partial charge in [0.15, 0.2) is 0 Å². The van der Waals surface area contributed by atoms with Crippen molar-refractivity contribution in [3.8, 4) is 0 Å². The first-order chi connectivity index (χ1) is 9.66. The Morgan fingerprint density at radius 1 is 1.25 bits per heavy atom. The van der Waals surface area contributed by atoms with Gasteiger partial charge in [0.2, 0.25) is 0 Å². The summed E-state index contributed by atoms with van der Waals surface area (Å²) < 4.78 is 1.80. The van der Waals surface area contributed by atoms with Crippen molar-refractivity contribution >= 4 is 16.9 Å². The zero-order valence-electron chi connectivity index (χ0n) is 11.1. The number of hydrogen-bond acceptors (Lipinski definition) is 2. The Bertz CT molecular complexity index is 790. The van der Waals surface area contributed by atoms with Crippen LogP contribution >= 0.6 is 0 Å². The predicted octanol–water partition coefficient (Wildman–Crippen LogP) is 3.09. The van der Waals surface area contributed by atoms with Crippen LogP contribution in [0.1, 0.15) is 21.7 Å². The molecule has 0 fully saturated rings. The van der Waals surface area contributed by atoms with Crippen molar-refractivity contribution in [2.24, 2.45) is 0 Å². The third-order valence-corrected chi connectivity index (χ3v) is 3.46. The maximum absolute atomic E-state index is 11.4. The molecule has 0 radical (unpaired) electrons. The van der Waals surface area contributed by atoms with E-state index in [1.165, 1.54) is 0 Å². The fourth-order valence-electron chi connectivity index (χ4n) is 2.39. The minimum atomic E-state index is -0.921. The molecule has 0 aliphatic rings. The van der Waals surface area contributed by atoms with Crippen LogP contribution < -0.4 is 0 Å². The molecular formula is C16H14N2O2. The Morgan fingerprint density at radius 2 is 2.05 bits per heavy atom. The van der Waals surface area contributed by atoms with E-state index < -0.39 is 5.97 Å². The van der Waals surface area contributed by atoms with E-state index in [2.05, 4.69) is 4.98 Å². The summed E-state index contributed by atoms with van der Waals surface area (Å²) in [5.41, 5.74) is 3.14. The van der Waals surface area contributed by atoms with Crippen LogP contribution in [0.4, 0.5) is 0 Å². The zero-order chi connectivity index (χ0) is 14.1. The third kappa shape index (κ3) is 2.05. The Kier molecular flexibility index (Phi) is 2.99. The van der Waals surface area contributed by atoms with E-state index in [-0.39, 0.29) is 5.69 Å². The largest absolute Gasteiger partial charge is 0.477 e. The van der Waals surface area contributed by atoms with Crippen molar-refractivity contribution in [2.45, 2.75) is 13.5 Å². The molecule has 0 spiro atoms. The van der Waals surface area contributed by atoms with E-state index in [0.29, 0.717) is 6.54 Å². The number of fused-ring (bicyclic) bond motifs is 1. The number of para-hydroxylation sites is 1. The molecule has 4 nitrogen and oxygen atoms in total. The highest BCUT2D eigenvalue weighted by atomic mass is 16.4. The minimum absolute atomic E-state index is 0.288. The molecule has 1 aromatic carbocycles. The number of carboxylic acid groups (broad SMARTS) is 1. The molecule has 0 bridgehead atoms. The topological polar surface area (TPSA) is 55.1 Å². The second-order valence-corrected chi connectivity index (χ2v) is 4.75. The van der Waals surface area contributed by atoms with Crippen LogP contribution in [0.15, 0.2) is 48.7 Å². The van der Waals surface area contributed by atoms with Gasteiger partial charge in [-0.25, -0.2) is 4.79 Å². The van der Waals surface area contributed by atoms with Crippen molar-refractivity contribution in [3.05, 3.63) is 65.6 Å². The summed E-state index contributed by atoms with van der Waals surface area (Å²) in [6.45, 7) is 2.44. The van der Waals surface area contributed by atoms with Crippen molar-refractivity contribution in [1.29, 1.82) is 0 Å². The average Bonchev–Trinajstić information content (AvgIpc) is 2.81. The minimum Gasteiger partial charge on any atom is -0.477 e. The first kappa shape index (κ1) is 12.4. The van der Waals surface area contributed by atoms with Gasteiger partial charge in [-0.05, 0) is 30.7 Å². The number of carboxylic acids is 1. The molecule has 3 rings (SSSR count). The molecule has 2 heterocycles. The van der Waals surface area contributed by atoms with E-state index in [4.69, 9.17) is 0 Å². The monoisotopic (exact) mass is 266 g/mol. The van der Waals surface area contributed by atoms with E-state index in [1.54, 1.807) is 16.8 Å². The number of aromatic carboxylic acids is 1. The van der Waals surface area contributed by atoms with Crippen molar-refractivity contribution < 1.29 is 9.90 Å². The number of rotatable bonds is 3. The molecule has 1 N–H and O–H groups in total. The maximum Gasteiger partial charge on any atom is 0.352 e. The van der Waals surface area contributed by atoms with Crippen LogP contribution in [0.2, 0.25) is 0 Å². The second kappa shape index (κ2) is 4.81. The van der Waals surface area contributed by atoms with Crippen LogP contribution in [0, 0.1) is 6.92 Å². The van der Waals surface area contributed by atoms with Crippen molar-refractivity contribution in [2.75, 3.05) is 0 Å². The molecule has 2 aromatic heterocycles. The van der Waals surface area contributed by atoms with Gasteiger partial charge in [-0.2, -0.15) is 0 Å². The smallest absolute Gasteiger partial charge is 0.352 e. The van der Waals surface area contributed by atoms with Gasteiger partial charge < -0.3 is 9.67 Å². The normalized spacial score (nSPS) is 10.8. The van der Waals surface area contributed by atoms with Gasteiger partial charge in [0.05, 0.1) is 12.2 Å². The summed E-state index contributed by atoms with van der Waals surface area (Å²) in [5.74, 6) is -0.921. The number of nitrogens with zero attached hydrogens (tertiary/aromatic N) is 2. The number of benzene rings is 1. The lowest BCUT2D eigenvalue weighted by molar-refractivity contribution is 0.0686. The summed E-state index contributed by atoms with van der Waals surface area (Å²) in [6.07, 6.45) is 1.73. The fraction of sp³-hybridized carbons (Fsp3) is 0.125. The molecule has 0 amide bonds. The SMILES string of the molecule is Cc1cccnc1Cn1c(C(=O)O)cc2ccccc21. The van der Waals surface area contributed by atoms with Crippen molar-refractivity contribution in [3.63, 3.8) is 0 Å². The molecule has 20 heavy (non-hydrogen) atoms. The van der Waals surface area contributed by atoms with Gasteiger partial charge >= 0.3 is 5.97 Å². The quantitative estimate of drug-likeness (QED) is 0.792. The Balaban J connectivity index is 2.17. The summed E-state index contributed by atoms with van der Waals surface area (Å²) >= 11 is 0. The average molecular weight is 266 g/mol. The summed E-state index contributed by atoms with van der Waals surface area (Å²) in [4.78, 5) is 15.8. The van der Waals surface area contributed by atoms with Crippen LogP contribution in [0.25, 0.3) is 10.9 Å². The van der Waals surface area contributed by atoms with Gasteiger partial charge in [0.25, 0.3) is 0 Å². The molecule has 0 atom stereocenters. The fourth-order valence-corrected chi connectivity index (χ4v) is 2.39.